The standard InChI is InChI=1S/C15H21NO3Si.C11H12O3/c1-16-15(19-20(4,5)6)10-9-11-12(15)7-8-13(17-2)14(11)18-3;1-13-10-6-4-7-8(11(10)14-2)3-5-9(7)12/h7-8H,9-10H2,2-6H3;4,6H,3,5H2,1-2H3. The number of carbonyl (C=O) groups excluding carboxylic acids is 1. The molecule has 0 saturated carbocycles. The van der Waals surface area contributed by atoms with Gasteiger partial charge in [-0.15, -0.1) is 0 Å². The average Bonchev–Trinajstić information content (AvgIpc) is 3.38. The Morgan fingerprint density at radius 1 is 0.824 bits per heavy atom. The number of carbonyl (C=O) groups is 1. The minimum Gasteiger partial charge on any atom is -0.493 e. The summed E-state index contributed by atoms with van der Waals surface area (Å²) in [5.74, 6) is 3.03. The van der Waals surface area contributed by atoms with Gasteiger partial charge in [0.05, 0.1) is 40.4 Å². The summed E-state index contributed by atoms with van der Waals surface area (Å²) < 4.78 is 27.4. The molecule has 0 amide bonds. The van der Waals surface area contributed by atoms with Crippen molar-refractivity contribution in [3.8, 4) is 23.0 Å². The minimum absolute atomic E-state index is 0.195. The lowest BCUT2D eigenvalue weighted by atomic mass is 10.0. The molecule has 4 rings (SSSR count). The number of nitrogens with zero attached hydrogens (tertiary/aromatic N) is 1. The average molecular weight is 484 g/mol. The maximum absolute atomic E-state index is 11.4. The van der Waals surface area contributed by atoms with Crippen LogP contribution < -0.4 is 18.9 Å². The molecule has 182 valence electrons. The Morgan fingerprint density at radius 3 is 1.94 bits per heavy atom. The Kier molecular flexibility index (Phi) is 7.59. The highest BCUT2D eigenvalue weighted by molar-refractivity contribution is 6.69. The predicted molar refractivity (Wildman–Crippen MR) is 133 cm³/mol. The molecule has 34 heavy (non-hydrogen) atoms. The molecule has 0 saturated heterocycles. The first kappa shape index (κ1) is 25.6. The van der Waals surface area contributed by atoms with E-state index < -0.39 is 14.0 Å². The molecule has 0 aliphatic heterocycles. The van der Waals surface area contributed by atoms with Crippen LogP contribution in [0, 0.1) is 6.57 Å². The van der Waals surface area contributed by atoms with E-state index in [2.05, 4.69) is 24.5 Å². The summed E-state index contributed by atoms with van der Waals surface area (Å²) in [5.41, 5.74) is 2.90. The normalized spacial score (nSPS) is 18.2. The number of methoxy groups -OCH3 is 4. The monoisotopic (exact) mass is 483 g/mol. The smallest absolute Gasteiger partial charge is 0.355 e. The molecule has 0 heterocycles. The van der Waals surface area contributed by atoms with Crippen molar-refractivity contribution in [1.29, 1.82) is 0 Å². The lowest BCUT2D eigenvalue weighted by Crippen LogP contribution is -2.37. The van der Waals surface area contributed by atoms with E-state index in [1.54, 1.807) is 34.5 Å². The summed E-state index contributed by atoms with van der Waals surface area (Å²) in [6.45, 7) is 14.0. The van der Waals surface area contributed by atoms with Crippen LogP contribution in [0.5, 0.6) is 23.0 Å². The van der Waals surface area contributed by atoms with E-state index in [-0.39, 0.29) is 5.78 Å². The molecule has 1 unspecified atom stereocenters. The molecule has 2 aliphatic rings. The van der Waals surface area contributed by atoms with Crippen molar-refractivity contribution in [3.05, 3.63) is 57.9 Å². The van der Waals surface area contributed by atoms with Crippen molar-refractivity contribution in [3.63, 3.8) is 0 Å². The first-order valence-electron chi connectivity index (χ1n) is 11.2. The maximum Gasteiger partial charge on any atom is 0.355 e. The van der Waals surface area contributed by atoms with Gasteiger partial charge < -0.3 is 23.4 Å². The van der Waals surface area contributed by atoms with Crippen LogP contribution in [0.15, 0.2) is 24.3 Å². The minimum atomic E-state index is -1.82. The van der Waals surface area contributed by atoms with Crippen LogP contribution in [0.4, 0.5) is 0 Å². The summed E-state index contributed by atoms with van der Waals surface area (Å²) in [6.07, 6.45) is 2.80. The Balaban J connectivity index is 0.000000202. The van der Waals surface area contributed by atoms with E-state index >= 15 is 0 Å². The van der Waals surface area contributed by atoms with E-state index in [4.69, 9.17) is 29.9 Å². The van der Waals surface area contributed by atoms with Crippen molar-refractivity contribution in [2.24, 2.45) is 0 Å². The van der Waals surface area contributed by atoms with Gasteiger partial charge in [-0.25, -0.2) is 6.57 Å². The van der Waals surface area contributed by atoms with Crippen LogP contribution in [0.2, 0.25) is 19.6 Å². The van der Waals surface area contributed by atoms with Crippen molar-refractivity contribution in [2.75, 3.05) is 28.4 Å². The molecule has 0 radical (unpaired) electrons. The van der Waals surface area contributed by atoms with Gasteiger partial charge in [-0.1, -0.05) is 0 Å². The molecule has 2 aromatic carbocycles. The fourth-order valence-corrected chi connectivity index (χ4v) is 5.93. The second-order valence-electron chi connectivity index (χ2n) is 9.19. The topological polar surface area (TPSA) is 67.6 Å². The third kappa shape index (κ3) is 4.77. The van der Waals surface area contributed by atoms with Crippen LogP contribution in [-0.4, -0.2) is 42.5 Å². The zero-order valence-corrected chi connectivity index (χ0v) is 22.0. The third-order valence-corrected chi connectivity index (χ3v) is 6.94. The first-order chi connectivity index (χ1) is 16.1. The predicted octanol–water partition coefficient (Wildman–Crippen LogP) is 5.41. The lowest BCUT2D eigenvalue weighted by molar-refractivity contribution is 0.0994. The Morgan fingerprint density at radius 2 is 1.41 bits per heavy atom. The second kappa shape index (κ2) is 10.1. The molecule has 7 nitrogen and oxygen atoms in total. The number of rotatable bonds is 6. The summed E-state index contributed by atoms with van der Waals surface area (Å²) in [5, 5.41) is 0. The molecular weight excluding hydrogens is 450 g/mol. The number of Topliss-reactive ketones (excluding diaryl/α,β-unsaturated/α-hetero) is 1. The first-order valence-corrected chi connectivity index (χ1v) is 14.7. The van der Waals surface area contributed by atoms with Crippen molar-refractivity contribution in [2.45, 2.75) is 51.0 Å². The number of ketones is 1. The Hall–Kier alpha value is -3.02. The van der Waals surface area contributed by atoms with Gasteiger partial charge in [0.2, 0.25) is 0 Å². The zero-order chi connectivity index (χ0) is 25.1. The van der Waals surface area contributed by atoms with Gasteiger partial charge in [0.25, 0.3) is 0 Å². The van der Waals surface area contributed by atoms with Gasteiger partial charge in [0.1, 0.15) is 0 Å². The van der Waals surface area contributed by atoms with E-state index in [1.807, 2.05) is 18.2 Å². The molecule has 0 aromatic heterocycles. The molecular formula is C26H33NO6Si. The fraction of sp³-hybridized carbons (Fsp3) is 0.462. The van der Waals surface area contributed by atoms with Crippen LogP contribution in [0.25, 0.3) is 4.85 Å². The number of ether oxygens (including phenoxy) is 4. The third-order valence-electron chi connectivity index (χ3n) is 5.99. The van der Waals surface area contributed by atoms with Crippen LogP contribution in [-0.2, 0) is 23.0 Å². The number of hydrogen-bond acceptors (Lipinski definition) is 6. The van der Waals surface area contributed by atoms with Gasteiger partial charge in [-0.05, 0) is 56.7 Å². The van der Waals surface area contributed by atoms with Gasteiger partial charge in [-0.3, -0.25) is 9.64 Å². The van der Waals surface area contributed by atoms with Gasteiger partial charge in [0.15, 0.2) is 37.1 Å². The highest BCUT2D eigenvalue weighted by atomic mass is 28.4. The molecule has 0 N–H and O–H groups in total. The van der Waals surface area contributed by atoms with E-state index in [0.29, 0.717) is 30.1 Å². The van der Waals surface area contributed by atoms with Crippen LogP contribution in [0.1, 0.15) is 39.9 Å². The van der Waals surface area contributed by atoms with Gasteiger partial charge in [0, 0.05) is 23.1 Å². The zero-order valence-electron chi connectivity index (χ0n) is 21.0. The maximum atomic E-state index is 11.4. The van der Waals surface area contributed by atoms with E-state index in [9.17, 15) is 4.79 Å². The Bertz CT molecular complexity index is 1120. The summed E-state index contributed by atoms with van der Waals surface area (Å²) >= 11 is 0. The lowest BCUT2D eigenvalue weighted by Gasteiger charge is -2.26. The van der Waals surface area contributed by atoms with Crippen LogP contribution >= 0.6 is 0 Å². The Labute approximate surface area is 202 Å². The molecule has 0 bridgehead atoms. The van der Waals surface area contributed by atoms with Crippen LogP contribution in [0.3, 0.4) is 0 Å². The van der Waals surface area contributed by atoms with Crippen molar-refractivity contribution in [1.82, 2.24) is 0 Å². The van der Waals surface area contributed by atoms with Crippen molar-refractivity contribution < 1.29 is 28.2 Å². The highest BCUT2D eigenvalue weighted by Crippen LogP contribution is 2.49. The largest absolute Gasteiger partial charge is 0.493 e. The molecule has 0 fully saturated rings. The highest BCUT2D eigenvalue weighted by Gasteiger charge is 2.50. The summed E-state index contributed by atoms with van der Waals surface area (Å²) in [6, 6.07) is 7.39. The summed E-state index contributed by atoms with van der Waals surface area (Å²) in [4.78, 5) is 15.3. The van der Waals surface area contributed by atoms with Gasteiger partial charge >= 0.3 is 5.72 Å². The van der Waals surface area contributed by atoms with Gasteiger partial charge in [-0.2, -0.15) is 0 Å². The van der Waals surface area contributed by atoms with E-state index in [1.165, 1.54) is 0 Å². The number of fused-ring (bicyclic) bond motifs is 2. The second-order valence-corrected chi connectivity index (χ2v) is 13.6. The quantitative estimate of drug-likeness (QED) is 0.404. The molecule has 2 aliphatic carbocycles. The fourth-order valence-electron chi connectivity index (χ4n) is 4.66. The molecule has 2 aromatic rings. The SMILES string of the molecule is COc1ccc2c(c1OC)CCC2=O.[C-]#[N+]C1(O[Si](C)(C)C)CCc2c1ccc(OC)c2OC. The number of hydrogen-bond donors (Lipinski definition) is 0. The summed E-state index contributed by atoms with van der Waals surface area (Å²) in [7, 11) is 4.64. The molecule has 0 spiro atoms. The van der Waals surface area contributed by atoms with Crippen molar-refractivity contribution >= 4 is 14.1 Å². The number of benzene rings is 2. The van der Waals surface area contributed by atoms with E-state index in [0.717, 1.165) is 40.8 Å². The molecule has 1 atom stereocenters. The molecule has 8 heteroatoms.